The molecule has 0 bridgehead atoms. The number of benzene rings is 1. The highest BCUT2D eigenvalue weighted by molar-refractivity contribution is 7.21. The van der Waals surface area contributed by atoms with Crippen molar-refractivity contribution < 1.29 is 24.2 Å². The molecule has 1 aromatic heterocycles. The Labute approximate surface area is 158 Å². The highest BCUT2D eigenvalue weighted by atomic mass is 35.5. The number of morpholine rings is 1. The molecule has 0 aliphatic carbocycles. The Kier molecular flexibility index (Phi) is 5.75. The van der Waals surface area contributed by atoms with Crippen LogP contribution < -0.4 is 5.32 Å². The maximum absolute atomic E-state index is 12.4. The van der Waals surface area contributed by atoms with Crippen LogP contribution >= 0.6 is 22.9 Å². The molecule has 1 atom stereocenters. The fraction of sp³-hybridized carbons (Fsp3) is 0.353. The monoisotopic (exact) mass is 396 g/mol. The van der Waals surface area contributed by atoms with Crippen molar-refractivity contribution in [2.24, 2.45) is 0 Å². The quantitative estimate of drug-likeness (QED) is 0.805. The van der Waals surface area contributed by atoms with Gasteiger partial charge in [0.25, 0.3) is 5.91 Å². The van der Waals surface area contributed by atoms with Crippen molar-refractivity contribution in [1.82, 2.24) is 10.2 Å². The average Bonchev–Trinajstić information content (AvgIpc) is 2.96. The van der Waals surface area contributed by atoms with E-state index in [-0.39, 0.29) is 25.5 Å². The molecule has 26 heavy (non-hydrogen) atoms. The first-order valence-electron chi connectivity index (χ1n) is 8.01. The number of carbonyl (C=O) groups is 3. The van der Waals surface area contributed by atoms with Crippen LogP contribution in [0.15, 0.2) is 24.3 Å². The number of rotatable bonds is 5. The summed E-state index contributed by atoms with van der Waals surface area (Å²) in [5, 5.41) is 12.7. The van der Waals surface area contributed by atoms with Crippen LogP contribution in [0.5, 0.6) is 0 Å². The number of ether oxygens (including phenoxy) is 1. The number of carboxylic acids is 1. The number of nitrogens with one attached hydrogen (secondary N) is 1. The van der Waals surface area contributed by atoms with Crippen LogP contribution in [0.2, 0.25) is 5.02 Å². The lowest BCUT2D eigenvalue weighted by molar-refractivity contribution is -0.145. The van der Waals surface area contributed by atoms with Crippen LogP contribution in [0.3, 0.4) is 0 Å². The average molecular weight is 397 g/mol. The lowest BCUT2D eigenvalue weighted by atomic mass is 10.1. The summed E-state index contributed by atoms with van der Waals surface area (Å²) in [6.45, 7) is 0.599. The highest BCUT2D eigenvalue weighted by Crippen LogP contribution is 2.34. The Balaban J connectivity index is 1.65. The second-order valence-corrected chi connectivity index (χ2v) is 7.27. The Hall–Kier alpha value is -2.16. The number of hydrogen-bond acceptors (Lipinski definition) is 5. The Morgan fingerprint density at radius 2 is 2.12 bits per heavy atom. The van der Waals surface area contributed by atoms with Crippen LogP contribution in [0, 0.1) is 0 Å². The summed E-state index contributed by atoms with van der Waals surface area (Å²) in [6.07, 6.45) is -0.193. The van der Waals surface area contributed by atoms with E-state index in [4.69, 9.17) is 21.4 Å². The fourth-order valence-corrected chi connectivity index (χ4v) is 4.29. The van der Waals surface area contributed by atoms with Crippen molar-refractivity contribution >= 4 is 50.8 Å². The molecule has 1 aliphatic heterocycles. The molecule has 7 nitrogen and oxygen atoms in total. The van der Waals surface area contributed by atoms with Gasteiger partial charge in [-0.1, -0.05) is 29.8 Å². The maximum Gasteiger partial charge on any atom is 0.305 e. The minimum absolute atomic E-state index is 0.175. The van der Waals surface area contributed by atoms with Crippen LogP contribution in [0.1, 0.15) is 16.1 Å². The second-order valence-electron chi connectivity index (χ2n) is 5.84. The Morgan fingerprint density at radius 3 is 2.85 bits per heavy atom. The summed E-state index contributed by atoms with van der Waals surface area (Å²) in [6, 6.07) is 6.88. The van der Waals surface area contributed by atoms with E-state index in [0.29, 0.717) is 23.1 Å². The standard InChI is InChI=1S/C17H17ClN2O5S/c18-15-11-3-1-2-4-12(11)26-16(15)17(24)19-8-13(21)20-5-6-25-9-10(20)7-14(22)23/h1-4,10H,5-9H2,(H,19,24)(H,22,23). The molecule has 1 aliphatic rings. The van der Waals surface area contributed by atoms with Gasteiger partial charge in [-0.25, -0.2) is 0 Å². The van der Waals surface area contributed by atoms with E-state index in [1.165, 1.54) is 16.2 Å². The van der Waals surface area contributed by atoms with Crippen molar-refractivity contribution in [3.05, 3.63) is 34.2 Å². The fourth-order valence-electron chi connectivity index (χ4n) is 2.85. The van der Waals surface area contributed by atoms with Crippen molar-refractivity contribution in [2.75, 3.05) is 26.3 Å². The topological polar surface area (TPSA) is 95.9 Å². The molecule has 2 heterocycles. The second kappa shape index (κ2) is 8.03. The highest BCUT2D eigenvalue weighted by Gasteiger charge is 2.29. The van der Waals surface area contributed by atoms with Gasteiger partial charge in [0.15, 0.2) is 0 Å². The number of carboxylic acid groups (broad SMARTS) is 1. The molecule has 0 radical (unpaired) electrons. The molecule has 9 heteroatoms. The number of amides is 2. The molecule has 2 aromatic rings. The Bertz CT molecular complexity index is 853. The largest absolute Gasteiger partial charge is 0.481 e. The van der Waals surface area contributed by atoms with E-state index in [0.717, 1.165) is 10.1 Å². The van der Waals surface area contributed by atoms with Gasteiger partial charge in [-0.2, -0.15) is 0 Å². The van der Waals surface area contributed by atoms with Crippen LogP contribution in [-0.4, -0.2) is 60.1 Å². The third kappa shape index (κ3) is 3.98. The van der Waals surface area contributed by atoms with E-state index in [1.54, 1.807) is 0 Å². The minimum Gasteiger partial charge on any atom is -0.481 e. The van der Waals surface area contributed by atoms with Crippen molar-refractivity contribution in [3.63, 3.8) is 0 Å². The van der Waals surface area contributed by atoms with E-state index in [2.05, 4.69) is 5.32 Å². The third-order valence-corrected chi connectivity index (χ3v) is 5.77. The summed E-state index contributed by atoms with van der Waals surface area (Å²) in [7, 11) is 0. The van der Waals surface area contributed by atoms with Gasteiger partial charge in [0, 0.05) is 16.6 Å². The Morgan fingerprint density at radius 1 is 1.35 bits per heavy atom. The molecular formula is C17H17ClN2O5S. The van der Waals surface area contributed by atoms with Crippen LogP contribution in [-0.2, 0) is 14.3 Å². The predicted octanol–water partition coefficient (Wildman–Crippen LogP) is 1.99. The van der Waals surface area contributed by atoms with Crippen molar-refractivity contribution in [2.45, 2.75) is 12.5 Å². The third-order valence-electron chi connectivity index (χ3n) is 4.10. The summed E-state index contributed by atoms with van der Waals surface area (Å²) >= 11 is 7.53. The minimum atomic E-state index is -1.00. The first kappa shape index (κ1) is 18.6. The number of nitrogens with zero attached hydrogens (tertiary/aromatic N) is 1. The zero-order valence-electron chi connectivity index (χ0n) is 13.7. The first-order chi connectivity index (χ1) is 12.5. The van der Waals surface area contributed by atoms with Gasteiger partial charge >= 0.3 is 5.97 Å². The number of halogens is 1. The van der Waals surface area contributed by atoms with Gasteiger partial charge in [-0.3, -0.25) is 14.4 Å². The molecule has 0 saturated carbocycles. The van der Waals surface area contributed by atoms with Gasteiger partial charge in [0.1, 0.15) is 4.88 Å². The normalized spacial score (nSPS) is 17.3. The summed E-state index contributed by atoms with van der Waals surface area (Å²) in [5.74, 6) is -1.77. The smallest absolute Gasteiger partial charge is 0.305 e. The van der Waals surface area contributed by atoms with Crippen LogP contribution in [0.25, 0.3) is 10.1 Å². The number of aliphatic carboxylic acids is 1. The van der Waals surface area contributed by atoms with Crippen molar-refractivity contribution in [1.29, 1.82) is 0 Å². The number of fused-ring (bicyclic) bond motifs is 1. The molecule has 2 N–H and O–H groups in total. The molecule has 1 unspecified atom stereocenters. The molecular weight excluding hydrogens is 380 g/mol. The summed E-state index contributed by atoms with van der Waals surface area (Å²) < 4.78 is 6.14. The van der Waals surface area contributed by atoms with Gasteiger partial charge in [-0.15, -0.1) is 11.3 Å². The lowest BCUT2D eigenvalue weighted by Crippen LogP contribution is -2.52. The zero-order valence-corrected chi connectivity index (χ0v) is 15.3. The molecule has 1 fully saturated rings. The van der Waals surface area contributed by atoms with E-state index in [9.17, 15) is 14.4 Å². The van der Waals surface area contributed by atoms with Crippen molar-refractivity contribution in [3.8, 4) is 0 Å². The van der Waals surface area contributed by atoms with E-state index >= 15 is 0 Å². The molecule has 3 rings (SSSR count). The number of carbonyl (C=O) groups excluding carboxylic acids is 2. The van der Waals surface area contributed by atoms with E-state index in [1.807, 2.05) is 24.3 Å². The maximum atomic E-state index is 12.4. The molecule has 2 amide bonds. The van der Waals surface area contributed by atoms with Gasteiger partial charge in [0.05, 0.1) is 37.2 Å². The summed E-state index contributed by atoms with van der Waals surface area (Å²) in [5.41, 5.74) is 0. The zero-order chi connectivity index (χ0) is 18.7. The molecule has 1 aromatic carbocycles. The molecule has 0 spiro atoms. The van der Waals surface area contributed by atoms with Gasteiger partial charge < -0.3 is 20.1 Å². The predicted molar refractivity (Wildman–Crippen MR) is 97.7 cm³/mol. The SMILES string of the molecule is O=C(O)CC1COCCN1C(=O)CNC(=O)c1sc2ccccc2c1Cl. The van der Waals surface area contributed by atoms with Gasteiger partial charge in [-0.05, 0) is 6.07 Å². The summed E-state index contributed by atoms with van der Waals surface area (Å²) in [4.78, 5) is 37.6. The lowest BCUT2D eigenvalue weighted by Gasteiger charge is -2.34. The van der Waals surface area contributed by atoms with Crippen LogP contribution in [0.4, 0.5) is 0 Å². The first-order valence-corrected chi connectivity index (χ1v) is 9.21. The number of hydrogen-bond donors (Lipinski definition) is 2. The van der Waals surface area contributed by atoms with Gasteiger partial charge in [0.2, 0.25) is 5.91 Å². The molecule has 138 valence electrons. The van der Waals surface area contributed by atoms with E-state index < -0.39 is 17.9 Å². The number of thiophene rings is 1. The molecule has 1 saturated heterocycles.